The summed E-state index contributed by atoms with van der Waals surface area (Å²) in [6, 6.07) is 24.8. The molecule has 0 atom stereocenters. The maximum absolute atomic E-state index is 10.1. The predicted octanol–water partition coefficient (Wildman–Crippen LogP) is 6.54. The minimum Gasteiger partial charge on any atom is -0.506 e. The van der Waals surface area contributed by atoms with Gasteiger partial charge in [0, 0.05) is 56.9 Å². The van der Waals surface area contributed by atoms with E-state index in [1.54, 1.807) is 18.3 Å². The first kappa shape index (κ1) is 23.0. The van der Waals surface area contributed by atoms with Crippen LogP contribution < -0.4 is 4.74 Å². The van der Waals surface area contributed by atoms with Crippen LogP contribution >= 0.6 is 0 Å². The molecule has 35 heavy (non-hydrogen) atoms. The van der Waals surface area contributed by atoms with Crippen molar-refractivity contribution in [2.24, 2.45) is 0 Å². The minimum atomic E-state index is 0. The first-order valence-corrected chi connectivity index (χ1v) is 11.1. The van der Waals surface area contributed by atoms with Gasteiger partial charge in [0.15, 0.2) is 0 Å². The SMILES string of the molecule is CC(C)c1ccnc(-n2c3[c-]c(Oc4ccc5nccc(O)c5n4)ccc3c3ccccc32)c1.[Pt]. The van der Waals surface area contributed by atoms with Crippen LogP contribution in [-0.2, 0) is 21.1 Å². The maximum Gasteiger partial charge on any atom is 0.217 e. The molecule has 0 saturated heterocycles. The zero-order valence-electron chi connectivity index (χ0n) is 19.0. The van der Waals surface area contributed by atoms with E-state index in [0.29, 0.717) is 28.6 Å². The average molecular weight is 641 g/mol. The van der Waals surface area contributed by atoms with Crippen molar-refractivity contribution in [2.75, 3.05) is 0 Å². The topological polar surface area (TPSA) is 73.1 Å². The molecule has 0 spiro atoms. The maximum atomic E-state index is 10.1. The monoisotopic (exact) mass is 640 g/mol. The van der Waals surface area contributed by atoms with Gasteiger partial charge in [-0.05, 0) is 41.1 Å². The number of pyridine rings is 3. The Labute approximate surface area is 216 Å². The molecule has 6 nitrogen and oxygen atoms in total. The molecule has 1 N–H and O–H groups in total. The van der Waals surface area contributed by atoms with E-state index in [1.165, 1.54) is 11.6 Å². The number of para-hydroxylation sites is 1. The van der Waals surface area contributed by atoms with Crippen LogP contribution in [-0.4, -0.2) is 24.6 Å². The molecular weight excluding hydrogens is 619 g/mol. The fourth-order valence-electron chi connectivity index (χ4n) is 4.25. The van der Waals surface area contributed by atoms with E-state index in [-0.39, 0.29) is 26.8 Å². The molecule has 2 aromatic carbocycles. The Balaban J connectivity index is 0.00000253. The van der Waals surface area contributed by atoms with Gasteiger partial charge in [0.1, 0.15) is 17.1 Å². The zero-order valence-corrected chi connectivity index (χ0v) is 21.3. The van der Waals surface area contributed by atoms with Gasteiger partial charge in [-0.2, -0.15) is 6.07 Å². The van der Waals surface area contributed by atoms with Gasteiger partial charge < -0.3 is 14.4 Å². The number of hydrogen-bond donors (Lipinski definition) is 1. The van der Waals surface area contributed by atoms with Gasteiger partial charge in [-0.15, -0.1) is 17.5 Å². The summed E-state index contributed by atoms with van der Waals surface area (Å²) < 4.78 is 8.18. The molecule has 0 aliphatic heterocycles. The van der Waals surface area contributed by atoms with Crippen LogP contribution in [0.5, 0.6) is 17.4 Å². The molecule has 4 heterocycles. The second-order valence-corrected chi connectivity index (χ2v) is 8.49. The number of nitrogens with zero attached hydrogens (tertiary/aromatic N) is 4. The molecule has 7 heteroatoms. The third kappa shape index (κ3) is 4.04. The molecule has 0 amide bonds. The number of fused-ring (bicyclic) bond motifs is 4. The van der Waals surface area contributed by atoms with Crippen molar-refractivity contribution in [2.45, 2.75) is 19.8 Å². The summed E-state index contributed by atoms with van der Waals surface area (Å²) in [6.07, 6.45) is 3.40. The minimum absolute atomic E-state index is 0. The molecule has 4 aromatic heterocycles. The van der Waals surface area contributed by atoms with Gasteiger partial charge in [0.05, 0.1) is 5.52 Å². The molecule has 0 radical (unpaired) electrons. The van der Waals surface area contributed by atoms with E-state index >= 15 is 0 Å². The third-order valence-electron chi connectivity index (χ3n) is 5.97. The van der Waals surface area contributed by atoms with E-state index in [1.807, 2.05) is 30.5 Å². The standard InChI is InChI=1S/C28H21N4O2.Pt/c1-17(2)18-11-13-30-26(15-18)32-23-6-4-3-5-20(23)21-8-7-19(16-24(21)32)34-27-10-9-22-28(31-27)25(33)12-14-29-22;/h3-15,17H,1-2H3,(H,29,33);/q-1;. The van der Waals surface area contributed by atoms with Crippen molar-refractivity contribution < 1.29 is 30.9 Å². The molecule has 0 unspecified atom stereocenters. The largest absolute Gasteiger partial charge is 0.506 e. The fraction of sp³-hybridized carbons (Fsp3) is 0.107. The van der Waals surface area contributed by atoms with Crippen LogP contribution in [0.25, 0.3) is 38.7 Å². The Bertz CT molecular complexity index is 1690. The van der Waals surface area contributed by atoms with Crippen molar-refractivity contribution in [1.29, 1.82) is 0 Å². The summed E-state index contributed by atoms with van der Waals surface area (Å²) in [5, 5.41) is 12.3. The van der Waals surface area contributed by atoms with Gasteiger partial charge >= 0.3 is 0 Å². The smallest absolute Gasteiger partial charge is 0.217 e. The number of aromatic nitrogens is 4. The van der Waals surface area contributed by atoms with Crippen LogP contribution in [0.15, 0.2) is 79.1 Å². The summed E-state index contributed by atoms with van der Waals surface area (Å²) in [5.74, 6) is 2.17. The van der Waals surface area contributed by atoms with Gasteiger partial charge in [-0.3, -0.25) is 4.98 Å². The normalized spacial score (nSPS) is 11.3. The molecule has 6 rings (SSSR count). The number of benzene rings is 2. The van der Waals surface area contributed by atoms with E-state index < -0.39 is 0 Å². The van der Waals surface area contributed by atoms with Crippen molar-refractivity contribution in [1.82, 2.24) is 19.5 Å². The number of rotatable bonds is 4. The first-order valence-electron chi connectivity index (χ1n) is 11.1. The van der Waals surface area contributed by atoms with Crippen LogP contribution in [0.4, 0.5) is 0 Å². The quantitative estimate of drug-likeness (QED) is 0.222. The second kappa shape index (κ2) is 9.12. The van der Waals surface area contributed by atoms with Gasteiger partial charge in [-0.1, -0.05) is 37.6 Å². The summed E-state index contributed by atoms with van der Waals surface area (Å²) in [5.41, 5.74) is 4.14. The molecule has 176 valence electrons. The Morgan fingerprint density at radius 2 is 1.74 bits per heavy atom. The fourth-order valence-corrected chi connectivity index (χ4v) is 4.25. The first-order chi connectivity index (χ1) is 16.6. The Hall–Kier alpha value is -3.76. The summed E-state index contributed by atoms with van der Waals surface area (Å²) in [7, 11) is 0. The van der Waals surface area contributed by atoms with E-state index in [9.17, 15) is 5.11 Å². The van der Waals surface area contributed by atoms with Crippen molar-refractivity contribution in [3.8, 4) is 23.2 Å². The van der Waals surface area contributed by atoms with E-state index in [2.05, 4.69) is 63.7 Å². The molecule has 0 bridgehead atoms. The van der Waals surface area contributed by atoms with Gasteiger partial charge in [-0.25, -0.2) is 9.97 Å². The van der Waals surface area contributed by atoms with Crippen molar-refractivity contribution in [3.05, 3.63) is 90.8 Å². The van der Waals surface area contributed by atoms with E-state index in [0.717, 1.165) is 27.6 Å². The zero-order chi connectivity index (χ0) is 23.2. The third-order valence-corrected chi connectivity index (χ3v) is 5.97. The Kier molecular flexibility index (Phi) is 5.99. The summed E-state index contributed by atoms with van der Waals surface area (Å²) >= 11 is 0. The van der Waals surface area contributed by atoms with Gasteiger partial charge in [0.25, 0.3) is 0 Å². The number of aromatic hydroxyl groups is 1. The predicted molar refractivity (Wildman–Crippen MR) is 133 cm³/mol. The van der Waals surface area contributed by atoms with Crippen LogP contribution in [0, 0.1) is 6.07 Å². The summed E-state index contributed by atoms with van der Waals surface area (Å²) in [4.78, 5) is 13.3. The molecule has 0 aliphatic carbocycles. The van der Waals surface area contributed by atoms with Crippen LogP contribution in [0.2, 0.25) is 0 Å². The van der Waals surface area contributed by atoms with Crippen LogP contribution in [0.1, 0.15) is 25.3 Å². The Morgan fingerprint density at radius 3 is 2.60 bits per heavy atom. The van der Waals surface area contributed by atoms with Gasteiger partial charge in [0.2, 0.25) is 5.88 Å². The molecule has 0 fully saturated rings. The van der Waals surface area contributed by atoms with Crippen molar-refractivity contribution >= 4 is 32.8 Å². The average Bonchev–Trinajstić information content (AvgIpc) is 3.18. The Morgan fingerprint density at radius 1 is 0.914 bits per heavy atom. The molecule has 6 aromatic rings. The number of hydrogen-bond acceptors (Lipinski definition) is 5. The van der Waals surface area contributed by atoms with Crippen LogP contribution in [0.3, 0.4) is 0 Å². The van der Waals surface area contributed by atoms with E-state index in [4.69, 9.17) is 4.74 Å². The second-order valence-electron chi connectivity index (χ2n) is 8.49. The molecule has 0 saturated carbocycles. The molecule has 0 aliphatic rings. The van der Waals surface area contributed by atoms with Crippen molar-refractivity contribution in [3.63, 3.8) is 0 Å². The molecular formula is C28H21N4O2Pt-. The summed E-state index contributed by atoms with van der Waals surface area (Å²) in [6.45, 7) is 4.35. The number of ether oxygens (including phenoxy) is 1.